The molecule has 1 aliphatic rings. The number of methoxy groups -OCH3 is 2. The largest absolute Gasteiger partial charge is 0.493 e. The van der Waals surface area contributed by atoms with Gasteiger partial charge in [0, 0.05) is 56.8 Å². The number of rotatable bonds is 9. The van der Waals surface area contributed by atoms with E-state index in [1.54, 1.807) is 11.0 Å². The van der Waals surface area contributed by atoms with Crippen molar-refractivity contribution in [3.8, 4) is 11.5 Å². The highest BCUT2D eigenvalue weighted by molar-refractivity contribution is 7.89. The second kappa shape index (κ2) is 11.1. The number of piperazine rings is 1. The molecule has 33 heavy (non-hydrogen) atoms. The zero-order valence-electron chi connectivity index (χ0n) is 18.5. The van der Waals surface area contributed by atoms with Crippen molar-refractivity contribution < 1.29 is 27.1 Å². The van der Waals surface area contributed by atoms with Gasteiger partial charge in [0.05, 0.1) is 19.1 Å². The van der Waals surface area contributed by atoms with Crippen molar-refractivity contribution in [2.45, 2.75) is 17.9 Å². The van der Waals surface area contributed by atoms with E-state index in [1.807, 2.05) is 0 Å². The van der Waals surface area contributed by atoms with E-state index in [1.165, 1.54) is 44.6 Å². The predicted octanol–water partition coefficient (Wildman–Crippen LogP) is 2.51. The van der Waals surface area contributed by atoms with Crippen molar-refractivity contribution >= 4 is 27.5 Å². The van der Waals surface area contributed by atoms with Gasteiger partial charge in [-0.3, -0.25) is 9.69 Å². The Labute approximate surface area is 198 Å². The van der Waals surface area contributed by atoms with Gasteiger partial charge >= 0.3 is 0 Å². The van der Waals surface area contributed by atoms with E-state index in [2.05, 4.69) is 9.62 Å². The van der Waals surface area contributed by atoms with E-state index in [0.29, 0.717) is 49.2 Å². The predicted molar refractivity (Wildman–Crippen MR) is 123 cm³/mol. The minimum Gasteiger partial charge on any atom is -0.493 e. The number of nitrogens with one attached hydrogen (secondary N) is 1. The number of nitrogens with zero attached hydrogens (tertiary/aromatic N) is 2. The maximum Gasteiger partial charge on any atom is 0.240 e. The van der Waals surface area contributed by atoms with Gasteiger partial charge in [0.15, 0.2) is 11.5 Å². The third kappa shape index (κ3) is 6.57. The Hall–Kier alpha value is -2.40. The molecule has 3 rings (SSSR count). The van der Waals surface area contributed by atoms with Gasteiger partial charge in [-0.15, -0.1) is 0 Å². The Balaban J connectivity index is 1.46. The summed E-state index contributed by atoms with van der Waals surface area (Å²) >= 11 is 6.10. The van der Waals surface area contributed by atoms with Crippen molar-refractivity contribution in [3.05, 3.63) is 52.8 Å². The molecule has 8 nitrogen and oxygen atoms in total. The second-order valence-corrected chi connectivity index (χ2v) is 9.73. The highest BCUT2D eigenvalue weighted by atomic mass is 35.5. The number of benzene rings is 2. The van der Waals surface area contributed by atoms with Crippen LogP contribution in [0.4, 0.5) is 4.39 Å². The van der Waals surface area contributed by atoms with Crippen molar-refractivity contribution in [2.75, 3.05) is 46.9 Å². The Morgan fingerprint density at radius 2 is 1.76 bits per heavy atom. The van der Waals surface area contributed by atoms with Crippen LogP contribution in [0.1, 0.15) is 12.0 Å². The summed E-state index contributed by atoms with van der Waals surface area (Å²) < 4.78 is 51.0. The Kier molecular flexibility index (Phi) is 8.52. The second-order valence-electron chi connectivity index (χ2n) is 7.56. The van der Waals surface area contributed by atoms with E-state index >= 15 is 0 Å². The summed E-state index contributed by atoms with van der Waals surface area (Å²) in [5.74, 6) is 0.231. The quantitative estimate of drug-likeness (QED) is 0.570. The third-order valence-corrected chi connectivity index (χ3v) is 7.24. The Morgan fingerprint density at radius 1 is 1.06 bits per heavy atom. The first-order valence-electron chi connectivity index (χ1n) is 10.4. The molecule has 1 amide bonds. The molecule has 1 heterocycles. The van der Waals surface area contributed by atoms with Crippen LogP contribution in [0.3, 0.4) is 0 Å². The molecule has 0 aromatic heterocycles. The summed E-state index contributed by atoms with van der Waals surface area (Å²) in [5.41, 5.74) is 0.836. The van der Waals surface area contributed by atoms with Crippen LogP contribution in [0.15, 0.2) is 41.3 Å². The zero-order valence-corrected chi connectivity index (χ0v) is 20.1. The summed E-state index contributed by atoms with van der Waals surface area (Å²) in [6.07, 6.45) is 0.0519. The van der Waals surface area contributed by atoms with Gasteiger partial charge < -0.3 is 14.4 Å². The number of hydrogen-bond acceptors (Lipinski definition) is 6. The highest BCUT2D eigenvalue weighted by Gasteiger charge is 2.23. The first-order chi connectivity index (χ1) is 15.7. The highest BCUT2D eigenvalue weighted by Crippen LogP contribution is 2.29. The van der Waals surface area contributed by atoms with Gasteiger partial charge in [0.2, 0.25) is 15.9 Å². The van der Waals surface area contributed by atoms with Crippen LogP contribution in [0, 0.1) is 5.82 Å². The lowest BCUT2D eigenvalue weighted by molar-refractivity contribution is -0.132. The first kappa shape index (κ1) is 25.2. The molecule has 1 fully saturated rings. The van der Waals surface area contributed by atoms with Gasteiger partial charge in [-0.1, -0.05) is 17.7 Å². The van der Waals surface area contributed by atoms with Crippen LogP contribution < -0.4 is 14.2 Å². The SMILES string of the molecule is COc1ccc(S(=O)(=O)NCCC(=O)N2CCN(Cc3ccc(F)cc3Cl)CC2)cc1OC. The lowest BCUT2D eigenvalue weighted by atomic mass is 10.2. The van der Waals surface area contributed by atoms with Crippen molar-refractivity contribution in [3.63, 3.8) is 0 Å². The van der Waals surface area contributed by atoms with Gasteiger partial charge in [0.25, 0.3) is 0 Å². The number of carbonyl (C=O) groups excluding carboxylic acids is 1. The number of carbonyl (C=O) groups is 1. The molecule has 0 unspecified atom stereocenters. The minimum atomic E-state index is -3.80. The number of ether oxygens (including phenoxy) is 2. The fourth-order valence-corrected chi connectivity index (χ4v) is 4.84. The van der Waals surface area contributed by atoms with E-state index < -0.39 is 10.0 Å². The molecule has 0 saturated carbocycles. The average Bonchev–Trinajstić information content (AvgIpc) is 2.80. The third-order valence-electron chi connectivity index (χ3n) is 5.43. The number of hydrogen-bond donors (Lipinski definition) is 1. The normalized spacial score (nSPS) is 14.8. The van der Waals surface area contributed by atoms with Gasteiger partial charge in [-0.25, -0.2) is 17.5 Å². The molecule has 180 valence electrons. The van der Waals surface area contributed by atoms with Crippen molar-refractivity contribution in [2.24, 2.45) is 0 Å². The molecule has 2 aromatic rings. The van der Waals surface area contributed by atoms with Crippen LogP contribution in [0.5, 0.6) is 11.5 Å². The Morgan fingerprint density at radius 3 is 2.39 bits per heavy atom. The van der Waals surface area contributed by atoms with E-state index in [4.69, 9.17) is 21.1 Å². The molecule has 0 bridgehead atoms. The molecular formula is C22H27ClFN3O5S. The number of halogens is 2. The summed E-state index contributed by atoms with van der Waals surface area (Å²) in [5, 5.41) is 0.385. The monoisotopic (exact) mass is 499 g/mol. The van der Waals surface area contributed by atoms with Crippen LogP contribution >= 0.6 is 11.6 Å². The van der Waals surface area contributed by atoms with E-state index in [-0.39, 0.29) is 29.6 Å². The molecule has 1 aliphatic heterocycles. The van der Waals surface area contributed by atoms with Crippen LogP contribution in [0.2, 0.25) is 5.02 Å². The zero-order chi connectivity index (χ0) is 24.0. The fraction of sp³-hybridized carbons (Fsp3) is 0.409. The summed E-state index contributed by atoms with van der Waals surface area (Å²) in [4.78, 5) is 16.4. The fourth-order valence-electron chi connectivity index (χ4n) is 3.56. The molecule has 0 spiro atoms. The van der Waals surface area contributed by atoms with Crippen molar-refractivity contribution in [1.29, 1.82) is 0 Å². The topological polar surface area (TPSA) is 88.2 Å². The molecule has 11 heteroatoms. The van der Waals surface area contributed by atoms with Gasteiger partial charge in [-0.05, 0) is 29.8 Å². The molecule has 0 atom stereocenters. The summed E-state index contributed by atoms with van der Waals surface area (Å²) in [6, 6.07) is 8.63. The van der Waals surface area contributed by atoms with E-state index in [0.717, 1.165) is 5.56 Å². The van der Waals surface area contributed by atoms with Crippen molar-refractivity contribution in [1.82, 2.24) is 14.5 Å². The smallest absolute Gasteiger partial charge is 0.240 e. The summed E-state index contributed by atoms with van der Waals surface area (Å²) in [7, 11) is -0.908. The maximum atomic E-state index is 13.2. The molecule has 1 N–H and O–H groups in total. The summed E-state index contributed by atoms with van der Waals surface area (Å²) in [6.45, 7) is 2.92. The standard InChI is InChI=1S/C22H27ClFN3O5S/c1-31-20-6-5-18(14-21(20)32-2)33(29,30)25-8-7-22(28)27-11-9-26(10-12-27)15-16-3-4-17(24)13-19(16)23/h3-6,13-14,25H,7-12,15H2,1-2H3. The van der Waals surface area contributed by atoms with Crippen LogP contribution in [-0.4, -0.2) is 71.1 Å². The van der Waals surface area contributed by atoms with Gasteiger partial charge in [0.1, 0.15) is 5.82 Å². The number of sulfonamides is 1. The molecule has 1 saturated heterocycles. The van der Waals surface area contributed by atoms with E-state index in [9.17, 15) is 17.6 Å². The number of amides is 1. The first-order valence-corrected chi connectivity index (χ1v) is 12.3. The average molecular weight is 500 g/mol. The van der Waals surface area contributed by atoms with Crippen LogP contribution in [0.25, 0.3) is 0 Å². The van der Waals surface area contributed by atoms with Gasteiger partial charge in [-0.2, -0.15) is 0 Å². The molecule has 0 aliphatic carbocycles. The Bertz CT molecular complexity index is 1090. The molecular weight excluding hydrogens is 473 g/mol. The molecule has 2 aromatic carbocycles. The molecule has 0 radical (unpaired) electrons. The lowest BCUT2D eigenvalue weighted by Gasteiger charge is -2.35. The minimum absolute atomic E-state index is 0.0130. The lowest BCUT2D eigenvalue weighted by Crippen LogP contribution is -2.48. The van der Waals surface area contributed by atoms with Crippen LogP contribution in [-0.2, 0) is 21.4 Å². The maximum absolute atomic E-state index is 13.2.